The van der Waals surface area contributed by atoms with E-state index in [2.05, 4.69) is 34.5 Å². The van der Waals surface area contributed by atoms with Gasteiger partial charge in [0.1, 0.15) is 5.76 Å². The number of hydrogen-bond acceptors (Lipinski definition) is 4. The normalized spacial score (nSPS) is 19.3. The molecular weight excluding hydrogens is 290 g/mol. The van der Waals surface area contributed by atoms with Crippen LogP contribution in [0.25, 0.3) is 0 Å². The van der Waals surface area contributed by atoms with Crippen LogP contribution in [0.4, 0.5) is 0 Å². The molecule has 1 atom stereocenters. The molecule has 0 saturated carbocycles. The fraction of sp³-hybridized carbons (Fsp3) is 0.765. The van der Waals surface area contributed by atoms with Gasteiger partial charge in [-0.25, -0.2) is 0 Å². The van der Waals surface area contributed by atoms with Crippen molar-refractivity contribution in [2.75, 3.05) is 32.7 Å². The van der Waals surface area contributed by atoms with E-state index in [1.807, 2.05) is 13.8 Å². The predicted octanol–water partition coefficient (Wildman–Crippen LogP) is 1.87. The molecule has 0 aromatic carbocycles. The van der Waals surface area contributed by atoms with Gasteiger partial charge >= 0.3 is 0 Å². The molecule has 1 saturated heterocycles. The van der Waals surface area contributed by atoms with Crippen LogP contribution in [0, 0.1) is 13.8 Å². The number of likely N-dealkylation sites (tertiary alicyclic amines) is 1. The molecule has 6 heteroatoms. The highest BCUT2D eigenvalue weighted by atomic mass is 16.5. The lowest BCUT2D eigenvalue weighted by atomic mass is 10.1. The van der Waals surface area contributed by atoms with Crippen LogP contribution >= 0.6 is 0 Å². The molecule has 1 aliphatic rings. The summed E-state index contributed by atoms with van der Waals surface area (Å²) < 4.78 is 5.21. The quantitative estimate of drug-likeness (QED) is 0.593. The van der Waals surface area contributed by atoms with Crippen molar-refractivity contribution in [2.24, 2.45) is 4.99 Å². The van der Waals surface area contributed by atoms with E-state index >= 15 is 0 Å². The Bertz CT molecular complexity index is 492. The summed E-state index contributed by atoms with van der Waals surface area (Å²) >= 11 is 0. The summed E-state index contributed by atoms with van der Waals surface area (Å²) in [5.74, 6) is 1.82. The SMILES string of the molecule is CCNC(=NCC1CCCN1CC)NCCc1c(C)noc1C. The topological polar surface area (TPSA) is 65.7 Å². The number of hydrogen-bond donors (Lipinski definition) is 2. The van der Waals surface area contributed by atoms with E-state index in [9.17, 15) is 0 Å². The van der Waals surface area contributed by atoms with Crippen LogP contribution in [0.3, 0.4) is 0 Å². The van der Waals surface area contributed by atoms with Crippen LogP contribution in [0.2, 0.25) is 0 Å². The average molecular weight is 321 g/mol. The third kappa shape index (κ3) is 4.96. The van der Waals surface area contributed by atoms with Crippen molar-refractivity contribution in [3.05, 3.63) is 17.0 Å². The Hall–Kier alpha value is -1.56. The number of aromatic nitrogens is 1. The highest BCUT2D eigenvalue weighted by Crippen LogP contribution is 2.16. The van der Waals surface area contributed by atoms with Gasteiger partial charge in [0.25, 0.3) is 0 Å². The van der Waals surface area contributed by atoms with Crippen LogP contribution in [-0.4, -0.2) is 54.8 Å². The number of aliphatic imine (C=N–C) groups is 1. The first-order valence-corrected chi connectivity index (χ1v) is 8.83. The van der Waals surface area contributed by atoms with E-state index in [-0.39, 0.29) is 0 Å². The summed E-state index contributed by atoms with van der Waals surface area (Å²) in [5.41, 5.74) is 2.18. The molecule has 2 rings (SSSR count). The summed E-state index contributed by atoms with van der Waals surface area (Å²) in [6, 6.07) is 0.595. The number of aryl methyl sites for hydroxylation is 2. The first-order valence-electron chi connectivity index (χ1n) is 8.83. The molecule has 2 N–H and O–H groups in total. The van der Waals surface area contributed by atoms with Gasteiger partial charge in [-0.2, -0.15) is 0 Å². The van der Waals surface area contributed by atoms with Gasteiger partial charge in [-0.05, 0) is 53.1 Å². The summed E-state index contributed by atoms with van der Waals surface area (Å²) in [6.07, 6.45) is 3.45. The molecule has 1 unspecified atom stereocenters. The molecule has 0 spiro atoms. The first-order chi connectivity index (χ1) is 11.2. The molecule has 0 aliphatic carbocycles. The monoisotopic (exact) mass is 321 g/mol. The zero-order valence-corrected chi connectivity index (χ0v) is 15.0. The van der Waals surface area contributed by atoms with E-state index in [1.54, 1.807) is 0 Å². The van der Waals surface area contributed by atoms with Gasteiger partial charge in [0, 0.05) is 24.7 Å². The molecular formula is C17H31N5O. The van der Waals surface area contributed by atoms with Crippen molar-refractivity contribution < 1.29 is 4.52 Å². The summed E-state index contributed by atoms with van der Waals surface area (Å²) in [5, 5.41) is 10.8. The maximum absolute atomic E-state index is 5.21. The number of nitrogens with one attached hydrogen (secondary N) is 2. The fourth-order valence-corrected chi connectivity index (χ4v) is 3.22. The van der Waals surface area contributed by atoms with Crippen molar-refractivity contribution in [3.63, 3.8) is 0 Å². The Kier molecular flexibility index (Phi) is 6.89. The fourth-order valence-electron chi connectivity index (χ4n) is 3.22. The van der Waals surface area contributed by atoms with E-state index in [1.165, 1.54) is 24.9 Å². The average Bonchev–Trinajstić information content (AvgIpc) is 3.13. The van der Waals surface area contributed by atoms with Gasteiger partial charge in [-0.1, -0.05) is 12.1 Å². The summed E-state index contributed by atoms with van der Waals surface area (Å²) in [6.45, 7) is 13.2. The molecule has 1 aromatic heterocycles. The molecule has 1 fully saturated rings. The Balaban J connectivity index is 1.84. The highest BCUT2D eigenvalue weighted by Gasteiger charge is 2.22. The lowest BCUT2D eigenvalue weighted by Gasteiger charge is -2.21. The van der Waals surface area contributed by atoms with Crippen molar-refractivity contribution in [2.45, 2.75) is 53.0 Å². The summed E-state index contributed by atoms with van der Waals surface area (Å²) in [4.78, 5) is 7.30. The molecule has 23 heavy (non-hydrogen) atoms. The molecule has 0 radical (unpaired) electrons. The standard InChI is InChI=1S/C17H31N5O/c1-5-18-17(20-12-15-8-7-11-22(15)6-2)19-10-9-16-13(3)21-23-14(16)4/h15H,5-12H2,1-4H3,(H2,18,19,20). The molecule has 0 bridgehead atoms. The molecule has 6 nitrogen and oxygen atoms in total. The van der Waals surface area contributed by atoms with Crippen molar-refractivity contribution in [1.29, 1.82) is 0 Å². The lowest BCUT2D eigenvalue weighted by Crippen LogP contribution is -2.40. The van der Waals surface area contributed by atoms with Gasteiger partial charge in [0.05, 0.1) is 12.2 Å². The maximum Gasteiger partial charge on any atom is 0.191 e. The van der Waals surface area contributed by atoms with Gasteiger partial charge in [0.2, 0.25) is 0 Å². The number of nitrogens with zero attached hydrogens (tertiary/aromatic N) is 3. The second-order valence-electron chi connectivity index (χ2n) is 6.12. The first kappa shape index (κ1) is 17.8. The molecule has 1 aromatic rings. The van der Waals surface area contributed by atoms with E-state index in [0.29, 0.717) is 6.04 Å². The number of rotatable bonds is 7. The van der Waals surface area contributed by atoms with E-state index in [4.69, 9.17) is 9.52 Å². The van der Waals surface area contributed by atoms with Gasteiger partial charge in [-0.15, -0.1) is 0 Å². The zero-order chi connectivity index (χ0) is 16.7. The Morgan fingerprint density at radius 2 is 2.17 bits per heavy atom. The Labute approximate surface area is 139 Å². The summed E-state index contributed by atoms with van der Waals surface area (Å²) in [7, 11) is 0. The predicted molar refractivity (Wildman–Crippen MR) is 93.9 cm³/mol. The molecule has 2 heterocycles. The van der Waals surface area contributed by atoms with Crippen molar-refractivity contribution in [1.82, 2.24) is 20.7 Å². The zero-order valence-electron chi connectivity index (χ0n) is 15.0. The van der Waals surface area contributed by atoms with E-state index in [0.717, 1.165) is 50.0 Å². The third-order valence-corrected chi connectivity index (χ3v) is 4.56. The van der Waals surface area contributed by atoms with Crippen molar-refractivity contribution >= 4 is 5.96 Å². The van der Waals surface area contributed by atoms with Crippen LogP contribution in [-0.2, 0) is 6.42 Å². The minimum Gasteiger partial charge on any atom is -0.361 e. The van der Waals surface area contributed by atoms with Gasteiger partial charge < -0.3 is 15.2 Å². The van der Waals surface area contributed by atoms with Gasteiger partial charge in [-0.3, -0.25) is 9.89 Å². The molecule has 0 amide bonds. The molecule has 130 valence electrons. The van der Waals surface area contributed by atoms with Gasteiger partial charge in [0.15, 0.2) is 5.96 Å². The second-order valence-corrected chi connectivity index (χ2v) is 6.12. The van der Waals surface area contributed by atoms with Crippen LogP contribution in [0.5, 0.6) is 0 Å². The number of likely N-dealkylation sites (N-methyl/N-ethyl adjacent to an activating group) is 1. The Morgan fingerprint density at radius 3 is 2.83 bits per heavy atom. The number of guanidine groups is 1. The van der Waals surface area contributed by atoms with Crippen LogP contribution < -0.4 is 10.6 Å². The third-order valence-electron chi connectivity index (χ3n) is 4.56. The lowest BCUT2D eigenvalue weighted by molar-refractivity contribution is 0.273. The second kappa shape index (κ2) is 8.91. The van der Waals surface area contributed by atoms with E-state index < -0.39 is 0 Å². The highest BCUT2D eigenvalue weighted by molar-refractivity contribution is 5.79. The maximum atomic E-state index is 5.21. The van der Waals surface area contributed by atoms with Crippen molar-refractivity contribution in [3.8, 4) is 0 Å². The van der Waals surface area contributed by atoms with Crippen LogP contribution in [0.15, 0.2) is 9.52 Å². The largest absolute Gasteiger partial charge is 0.361 e. The Morgan fingerprint density at radius 1 is 1.35 bits per heavy atom. The molecule has 1 aliphatic heterocycles. The minimum absolute atomic E-state index is 0.595. The smallest absolute Gasteiger partial charge is 0.191 e. The van der Waals surface area contributed by atoms with Crippen LogP contribution in [0.1, 0.15) is 43.7 Å². The minimum atomic E-state index is 0.595.